The molecule has 0 aliphatic rings. The van der Waals surface area contributed by atoms with Gasteiger partial charge in [-0.25, -0.2) is 14.8 Å². The number of carbonyl (C=O) groups is 1. The van der Waals surface area contributed by atoms with E-state index >= 15 is 0 Å². The largest absolute Gasteiger partial charge is 0.460 e. The van der Waals surface area contributed by atoms with Gasteiger partial charge in [-0.3, -0.25) is 0 Å². The van der Waals surface area contributed by atoms with Crippen LogP contribution in [0.5, 0.6) is 0 Å². The predicted octanol–water partition coefficient (Wildman–Crippen LogP) is 4.12. The number of ether oxygens (including phenoxy) is 1. The summed E-state index contributed by atoms with van der Waals surface area (Å²) >= 11 is 12.4. The minimum Gasteiger partial charge on any atom is -0.460 e. The second-order valence-electron chi connectivity index (χ2n) is 4.85. The van der Waals surface area contributed by atoms with Gasteiger partial charge < -0.3 is 9.30 Å². The van der Waals surface area contributed by atoms with Gasteiger partial charge in [0.05, 0.1) is 16.7 Å². The van der Waals surface area contributed by atoms with Gasteiger partial charge in [0, 0.05) is 24.4 Å². The summed E-state index contributed by atoms with van der Waals surface area (Å²) in [5, 5.41) is 0.890. The van der Waals surface area contributed by atoms with Crippen LogP contribution in [0.1, 0.15) is 17.5 Å². The Morgan fingerprint density at radius 1 is 1.26 bits per heavy atom. The van der Waals surface area contributed by atoms with Gasteiger partial charge in [-0.1, -0.05) is 35.3 Å². The molecule has 7 heteroatoms. The fraction of sp³-hybridized carbons (Fsp3) is 0.188. The Morgan fingerprint density at radius 3 is 2.78 bits per heavy atom. The van der Waals surface area contributed by atoms with E-state index in [4.69, 9.17) is 27.9 Å². The zero-order valence-electron chi connectivity index (χ0n) is 12.5. The number of pyridine rings is 1. The Balaban J connectivity index is 2.25. The van der Waals surface area contributed by atoms with Crippen LogP contribution >= 0.6 is 23.2 Å². The summed E-state index contributed by atoms with van der Waals surface area (Å²) in [4.78, 5) is 20.7. The molecule has 0 spiro atoms. The number of aromatic nitrogens is 3. The van der Waals surface area contributed by atoms with Crippen LogP contribution in [0.15, 0.2) is 30.5 Å². The maximum atomic E-state index is 12.0. The molecule has 1 aromatic carbocycles. The summed E-state index contributed by atoms with van der Waals surface area (Å²) in [6, 6.07) is 7.17. The average molecular weight is 350 g/mol. The normalized spacial score (nSPS) is 11.0. The minimum absolute atomic E-state index is 0.194. The van der Waals surface area contributed by atoms with Gasteiger partial charge >= 0.3 is 5.97 Å². The molecule has 118 valence electrons. The lowest BCUT2D eigenvalue weighted by molar-refractivity contribution is 0.0508. The number of nitrogens with zero attached hydrogens (tertiary/aromatic N) is 3. The fourth-order valence-corrected chi connectivity index (χ4v) is 2.79. The minimum atomic E-state index is -0.490. The maximum absolute atomic E-state index is 12.0. The molecule has 3 rings (SSSR count). The van der Waals surface area contributed by atoms with Crippen LogP contribution in [0.4, 0.5) is 0 Å². The summed E-state index contributed by atoms with van der Waals surface area (Å²) in [7, 11) is 1.72. The molecule has 0 N–H and O–H groups in total. The van der Waals surface area contributed by atoms with Crippen LogP contribution < -0.4 is 0 Å². The molecule has 0 unspecified atom stereocenters. The van der Waals surface area contributed by atoms with Crippen LogP contribution in [0.2, 0.25) is 10.0 Å². The molecule has 5 nitrogen and oxygen atoms in total. The standard InChI is InChI=1S/C16H13Cl2N3O2/c1-3-23-16(22)15-20-13-10(7-8-19-14(13)21(15)2)9-5-4-6-11(17)12(9)18/h4-8H,3H2,1-2H3. The van der Waals surface area contributed by atoms with Crippen LogP contribution in [-0.4, -0.2) is 27.1 Å². The van der Waals surface area contributed by atoms with Crippen LogP contribution in [0.25, 0.3) is 22.3 Å². The molecule has 3 aromatic rings. The molecule has 0 radical (unpaired) electrons. The summed E-state index contributed by atoms with van der Waals surface area (Å²) in [5.74, 6) is -0.295. The molecule has 0 bridgehead atoms. The Kier molecular flexibility index (Phi) is 4.24. The van der Waals surface area contributed by atoms with E-state index in [1.165, 1.54) is 0 Å². The molecular weight excluding hydrogens is 337 g/mol. The quantitative estimate of drug-likeness (QED) is 0.667. The van der Waals surface area contributed by atoms with Crippen molar-refractivity contribution in [1.82, 2.24) is 14.5 Å². The lowest BCUT2D eigenvalue weighted by Gasteiger charge is -2.06. The van der Waals surface area contributed by atoms with E-state index in [2.05, 4.69) is 9.97 Å². The molecule has 23 heavy (non-hydrogen) atoms. The van der Waals surface area contributed by atoms with E-state index in [9.17, 15) is 4.79 Å². The van der Waals surface area contributed by atoms with Crippen molar-refractivity contribution in [2.24, 2.45) is 7.05 Å². The van der Waals surface area contributed by atoms with Gasteiger partial charge in [0.25, 0.3) is 0 Å². The molecule has 0 aliphatic heterocycles. The Bertz CT molecular complexity index is 906. The summed E-state index contributed by atoms with van der Waals surface area (Å²) < 4.78 is 6.64. The van der Waals surface area contributed by atoms with Gasteiger partial charge in [0.2, 0.25) is 5.82 Å². The molecule has 0 fully saturated rings. The number of hydrogen-bond acceptors (Lipinski definition) is 4. The monoisotopic (exact) mass is 349 g/mol. The van der Waals surface area contributed by atoms with E-state index in [0.717, 1.165) is 11.1 Å². The molecule has 0 saturated heterocycles. The number of rotatable bonds is 3. The van der Waals surface area contributed by atoms with Crippen molar-refractivity contribution in [3.63, 3.8) is 0 Å². The average Bonchev–Trinajstić information content (AvgIpc) is 2.88. The highest BCUT2D eigenvalue weighted by Crippen LogP contribution is 2.36. The van der Waals surface area contributed by atoms with Gasteiger partial charge in [0.15, 0.2) is 5.65 Å². The van der Waals surface area contributed by atoms with Crippen molar-refractivity contribution < 1.29 is 9.53 Å². The van der Waals surface area contributed by atoms with Crippen molar-refractivity contribution in [3.8, 4) is 11.1 Å². The van der Waals surface area contributed by atoms with E-state index in [0.29, 0.717) is 21.2 Å². The SMILES string of the molecule is CCOC(=O)c1nc2c(-c3cccc(Cl)c3Cl)ccnc2n1C. The van der Waals surface area contributed by atoms with Crippen molar-refractivity contribution >= 4 is 40.3 Å². The molecule has 0 aliphatic carbocycles. The number of imidazole rings is 1. The van der Waals surface area contributed by atoms with Crippen LogP contribution in [-0.2, 0) is 11.8 Å². The summed E-state index contributed by atoms with van der Waals surface area (Å²) in [6.07, 6.45) is 1.64. The summed E-state index contributed by atoms with van der Waals surface area (Å²) in [6.45, 7) is 2.03. The highest BCUT2D eigenvalue weighted by atomic mass is 35.5. The number of carbonyl (C=O) groups excluding carboxylic acids is 1. The smallest absolute Gasteiger partial charge is 0.374 e. The highest BCUT2D eigenvalue weighted by Gasteiger charge is 2.20. The fourth-order valence-electron chi connectivity index (χ4n) is 2.39. The third-order valence-electron chi connectivity index (χ3n) is 3.46. The molecule has 0 atom stereocenters. The molecule has 0 saturated carbocycles. The maximum Gasteiger partial charge on any atom is 0.374 e. The zero-order valence-corrected chi connectivity index (χ0v) is 14.0. The van der Waals surface area contributed by atoms with E-state index < -0.39 is 5.97 Å². The number of hydrogen-bond donors (Lipinski definition) is 0. The Labute approximate surface area is 142 Å². The second kappa shape index (κ2) is 6.18. The van der Waals surface area contributed by atoms with Gasteiger partial charge in [0.1, 0.15) is 5.52 Å². The van der Waals surface area contributed by atoms with E-state index in [1.54, 1.807) is 36.9 Å². The lowest BCUT2D eigenvalue weighted by atomic mass is 10.1. The number of aryl methyl sites for hydroxylation is 1. The third kappa shape index (κ3) is 2.66. The molecular formula is C16H13Cl2N3O2. The van der Waals surface area contributed by atoms with Crippen LogP contribution in [0.3, 0.4) is 0 Å². The first-order valence-electron chi connectivity index (χ1n) is 6.97. The Hall–Kier alpha value is -2.11. The lowest BCUT2D eigenvalue weighted by Crippen LogP contribution is -2.11. The predicted molar refractivity (Wildman–Crippen MR) is 89.9 cm³/mol. The first kappa shape index (κ1) is 15.8. The number of esters is 1. The third-order valence-corrected chi connectivity index (χ3v) is 4.28. The zero-order chi connectivity index (χ0) is 16.6. The van der Waals surface area contributed by atoms with Crippen molar-refractivity contribution in [1.29, 1.82) is 0 Å². The first-order chi connectivity index (χ1) is 11.0. The van der Waals surface area contributed by atoms with Crippen molar-refractivity contribution in [3.05, 3.63) is 46.3 Å². The summed E-state index contributed by atoms with van der Waals surface area (Å²) in [5.41, 5.74) is 2.64. The van der Waals surface area contributed by atoms with Gasteiger partial charge in [-0.15, -0.1) is 0 Å². The molecule has 2 aromatic heterocycles. The number of halogens is 2. The van der Waals surface area contributed by atoms with Gasteiger partial charge in [-0.05, 0) is 19.1 Å². The second-order valence-corrected chi connectivity index (χ2v) is 5.63. The number of fused-ring (bicyclic) bond motifs is 1. The van der Waals surface area contributed by atoms with Crippen molar-refractivity contribution in [2.75, 3.05) is 6.61 Å². The number of benzene rings is 1. The molecule has 2 heterocycles. The highest BCUT2D eigenvalue weighted by molar-refractivity contribution is 6.43. The molecule has 0 amide bonds. The topological polar surface area (TPSA) is 57.0 Å². The van der Waals surface area contributed by atoms with Crippen molar-refractivity contribution in [2.45, 2.75) is 6.92 Å². The van der Waals surface area contributed by atoms with Crippen LogP contribution in [0, 0.1) is 0 Å². The van der Waals surface area contributed by atoms with E-state index in [1.807, 2.05) is 12.1 Å². The van der Waals surface area contributed by atoms with E-state index in [-0.39, 0.29) is 12.4 Å². The Morgan fingerprint density at radius 2 is 2.04 bits per heavy atom. The van der Waals surface area contributed by atoms with Gasteiger partial charge in [-0.2, -0.15) is 0 Å². The first-order valence-corrected chi connectivity index (χ1v) is 7.73.